The van der Waals surface area contributed by atoms with Gasteiger partial charge in [0.25, 0.3) is 0 Å². The van der Waals surface area contributed by atoms with Gasteiger partial charge in [0, 0.05) is 25.3 Å². The molecule has 0 unspecified atom stereocenters. The number of hydrogen-bond acceptors (Lipinski definition) is 4. The van der Waals surface area contributed by atoms with Crippen LogP contribution in [0.4, 0.5) is 13.2 Å². The SMILES string of the molecule is COCCOc1ccc(CN)c(OC(F)(F)F)c1. The summed E-state index contributed by atoms with van der Waals surface area (Å²) < 4.78 is 50.3. The number of ether oxygens (including phenoxy) is 3. The predicted octanol–water partition coefficient (Wildman–Crippen LogP) is 2.07. The molecule has 1 aromatic carbocycles. The first kappa shape index (κ1) is 14.6. The molecule has 7 heteroatoms. The Bertz CT molecular complexity index is 382. The molecule has 0 heterocycles. The molecule has 0 saturated heterocycles. The molecule has 1 rings (SSSR count). The molecule has 0 atom stereocenters. The van der Waals surface area contributed by atoms with Gasteiger partial charge >= 0.3 is 6.36 Å². The number of alkyl halides is 3. The standard InChI is InChI=1S/C11H14F3NO3/c1-16-4-5-17-9-3-2-8(7-15)10(6-9)18-11(12,13)14/h2-3,6H,4-5,7,15H2,1H3. The third-order valence-electron chi connectivity index (χ3n) is 2.04. The molecule has 102 valence electrons. The number of halogens is 3. The number of nitrogens with two attached hydrogens (primary N) is 1. The van der Waals surface area contributed by atoms with Gasteiger partial charge in [-0.15, -0.1) is 13.2 Å². The molecule has 18 heavy (non-hydrogen) atoms. The average Bonchev–Trinajstić information content (AvgIpc) is 2.27. The average molecular weight is 265 g/mol. The molecule has 0 fully saturated rings. The lowest BCUT2D eigenvalue weighted by molar-refractivity contribution is -0.274. The lowest BCUT2D eigenvalue weighted by Crippen LogP contribution is -2.18. The van der Waals surface area contributed by atoms with Crippen molar-refractivity contribution < 1.29 is 27.4 Å². The van der Waals surface area contributed by atoms with Gasteiger partial charge in [0.2, 0.25) is 0 Å². The molecular formula is C11H14F3NO3. The van der Waals surface area contributed by atoms with E-state index in [0.717, 1.165) is 6.07 Å². The van der Waals surface area contributed by atoms with Crippen LogP contribution in [0.2, 0.25) is 0 Å². The lowest BCUT2D eigenvalue weighted by atomic mass is 10.2. The van der Waals surface area contributed by atoms with Crippen molar-refractivity contribution in [1.82, 2.24) is 0 Å². The second-order valence-electron chi connectivity index (χ2n) is 3.36. The molecule has 0 amide bonds. The maximum absolute atomic E-state index is 12.2. The third kappa shape index (κ3) is 4.80. The summed E-state index contributed by atoms with van der Waals surface area (Å²) in [6.07, 6.45) is -4.75. The van der Waals surface area contributed by atoms with Crippen molar-refractivity contribution in [3.8, 4) is 11.5 Å². The molecule has 0 aliphatic rings. The smallest absolute Gasteiger partial charge is 0.491 e. The maximum Gasteiger partial charge on any atom is 0.573 e. The molecule has 0 bridgehead atoms. The van der Waals surface area contributed by atoms with Crippen LogP contribution in [0.5, 0.6) is 11.5 Å². The Labute approximate surface area is 102 Å². The molecule has 2 N–H and O–H groups in total. The van der Waals surface area contributed by atoms with Gasteiger partial charge in [-0.3, -0.25) is 0 Å². The number of hydrogen-bond donors (Lipinski definition) is 1. The largest absolute Gasteiger partial charge is 0.573 e. The zero-order chi connectivity index (χ0) is 13.6. The van der Waals surface area contributed by atoms with E-state index in [9.17, 15) is 13.2 Å². The highest BCUT2D eigenvalue weighted by Gasteiger charge is 2.32. The fraction of sp³-hybridized carbons (Fsp3) is 0.455. The summed E-state index contributed by atoms with van der Waals surface area (Å²) in [6.45, 7) is 0.530. The third-order valence-corrected chi connectivity index (χ3v) is 2.04. The highest BCUT2D eigenvalue weighted by atomic mass is 19.4. The van der Waals surface area contributed by atoms with Gasteiger partial charge in [0.05, 0.1) is 6.61 Å². The molecule has 0 aliphatic carbocycles. The first-order chi connectivity index (χ1) is 8.46. The summed E-state index contributed by atoms with van der Waals surface area (Å²) in [4.78, 5) is 0. The van der Waals surface area contributed by atoms with Gasteiger partial charge in [-0.2, -0.15) is 0 Å². The van der Waals surface area contributed by atoms with E-state index >= 15 is 0 Å². The quantitative estimate of drug-likeness (QED) is 0.800. The van der Waals surface area contributed by atoms with Crippen LogP contribution in [0.15, 0.2) is 18.2 Å². The molecule has 0 aliphatic heterocycles. The van der Waals surface area contributed by atoms with Crippen molar-refractivity contribution >= 4 is 0 Å². The molecule has 0 spiro atoms. The number of rotatable bonds is 6. The van der Waals surface area contributed by atoms with Crippen LogP contribution in [-0.4, -0.2) is 26.7 Å². The second-order valence-corrected chi connectivity index (χ2v) is 3.36. The van der Waals surface area contributed by atoms with Crippen molar-refractivity contribution in [2.45, 2.75) is 12.9 Å². The van der Waals surface area contributed by atoms with E-state index in [1.165, 1.54) is 19.2 Å². The van der Waals surface area contributed by atoms with E-state index in [1.807, 2.05) is 0 Å². The minimum atomic E-state index is -4.75. The van der Waals surface area contributed by atoms with Crippen LogP contribution in [0.1, 0.15) is 5.56 Å². The van der Waals surface area contributed by atoms with Crippen molar-refractivity contribution in [1.29, 1.82) is 0 Å². The Morgan fingerprint density at radius 2 is 1.94 bits per heavy atom. The van der Waals surface area contributed by atoms with Crippen LogP contribution in [0.25, 0.3) is 0 Å². The van der Waals surface area contributed by atoms with Gasteiger partial charge in [-0.05, 0) is 6.07 Å². The maximum atomic E-state index is 12.2. The van der Waals surface area contributed by atoms with E-state index in [-0.39, 0.29) is 30.2 Å². The highest BCUT2D eigenvalue weighted by Crippen LogP contribution is 2.29. The van der Waals surface area contributed by atoms with E-state index in [1.54, 1.807) is 0 Å². The zero-order valence-electron chi connectivity index (χ0n) is 9.79. The first-order valence-electron chi connectivity index (χ1n) is 5.16. The Morgan fingerprint density at radius 3 is 2.50 bits per heavy atom. The summed E-state index contributed by atoms with van der Waals surface area (Å²) in [5.41, 5.74) is 5.59. The molecule has 0 aromatic heterocycles. The molecule has 4 nitrogen and oxygen atoms in total. The van der Waals surface area contributed by atoms with E-state index in [4.69, 9.17) is 15.2 Å². The Balaban J connectivity index is 2.81. The lowest BCUT2D eigenvalue weighted by Gasteiger charge is -2.14. The van der Waals surface area contributed by atoms with E-state index < -0.39 is 6.36 Å². The minimum Gasteiger partial charge on any atom is -0.491 e. The van der Waals surface area contributed by atoms with Crippen molar-refractivity contribution in [2.24, 2.45) is 5.73 Å². The monoisotopic (exact) mass is 265 g/mol. The van der Waals surface area contributed by atoms with E-state index in [0.29, 0.717) is 6.61 Å². The predicted molar refractivity (Wildman–Crippen MR) is 58.4 cm³/mol. The summed E-state index contributed by atoms with van der Waals surface area (Å²) >= 11 is 0. The van der Waals surface area contributed by atoms with E-state index in [2.05, 4.69) is 4.74 Å². The van der Waals surface area contributed by atoms with Gasteiger partial charge in [0.15, 0.2) is 0 Å². The molecule has 0 saturated carbocycles. The minimum absolute atomic E-state index is 0.0518. The Kier molecular flexibility index (Phi) is 5.24. The molecular weight excluding hydrogens is 251 g/mol. The molecule has 0 radical (unpaired) electrons. The van der Waals surface area contributed by atoms with Crippen LogP contribution in [0, 0.1) is 0 Å². The molecule has 1 aromatic rings. The summed E-state index contributed by atoms with van der Waals surface area (Å²) in [7, 11) is 1.50. The van der Waals surface area contributed by atoms with Gasteiger partial charge in [-0.1, -0.05) is 6.07 Å². The van der Waals surface area contributed by atoms with Crippen LogP contribution in [-0.2, 0) is 11.3 Å². The van der Waals surface area contributed by atoms with Gasteiger partial charge in [-0.25, -0.2) is 0 Å². The fourth-order valence-corrected chi connectivity index (χ4v) is 1.26. The van der Waals surface area contributed by atoms with Crippen molar-refractivity contribution in [2.75, 3.05) is 20.3 Å². The topological polar surface area (TPSA) is 53.7 Å². The second kappa shape index (κ2) is 6.46. The number of benzene rings is 1. The van der Waals surface area contributed by atoms with Crippen molar-refractivity contribution in [3.63, 3.8) is 0 Å². The Morgan fingerprint density at radius 1 is 1.22 bits per heavy atom. The zero-order valence-corrected chi connectivity index (χ0v) is 9.79. The van der Waals surface area contributed by atoms with Gasteiger partial charge in [0.1, 0.15) is 18.1 Å². The first-order valence-corrected chi connectivity index (χ1v) is 5.16. The van der Waals surface area contributed by atoms with Gasteiger partial charge < -0.3 is 19.9 Å². The summed E-state index contributed by atoms with van der Waals surface area (Å²) in [5.74, 6) is -0.0802. The van der Waals surface area contributed by atoms with Crippen LogP contribution in [0.3, 0.4) is 0 Å². The number of methoxy groups -OCH3 is 1. The van der Waals surface area contributed by atoms with Crippen LogP contribution < -0.4 is 15.2 Å². The summed E-state index contributed by atoms with van der Waals surface area (Å²) in [6, 6.07) is 4.12. The fourth-order valence-electron chi connectivity index (χ4n) is 1.26. The highest BCUT2D eigenvalue weighted by molar-refractivity contribution is 5.40. The van der Waals surface area contributed by atoms with Crippen molar-refractivity contribution in [3.05, 3.63) is 23.8 Å². The normalized spacial score (nSPS) is 11.4. The van der Waals surface area contributed by atoms with Crippen LogP contribution >= 0.6 is 0 Å². The Hall–Kier alpha value is -1.47. The summed E-state index contributed by atoms with van der Waals surface area (Å²) in [5, 5.41) is 0.